The zero-order valence-corrected chi connectivity index (χ0v) is 17.7. The molecule has 0 aromatic carbocycles. The molecule has 154 valence electrons. The Bertz CT molecular complexity index is 371. The summed E-state index contributed by atoms with van der Waals surface area (Å²) in [6.45, 7) is 12.9. The first-order valence-electron chi connectivity index (χ1n) is 9.95. The molecule has 2 aliphatic heterocycles. The highest BCUT2D eigenvalue weighted by atomic mass is 28.4. The van der Waals surface area contributed by atoms with Crippen molar-refractivity contribution in [2.75, 3.05) is 46.2 Å². The van der Waals surface area contributed by atoms with Gasteiger partial charge in [0.25, 0.3) is 0 Å². The molecule has 2 fully saturated rings. The van der Waals surface area contributed by atoms with Crippen molar-refractivity contribution in [1.82, 2.24) is 0 Å². The predicted octanol–water partition coefficient (Wildman–Crippen LogP) is 2.40. The van der Waals surface area contributed by atoms with Crippen LogP contribution in [0.5, 0.6) is 0 Å². The molecule has 2 heterocycles. The van der Waals surface area contributed by atoms with E-state index in [1.807, 2.05) is 13.8 Å². The monoisotopic (exact) mass is 392 g/mol. The minimum Gasteiger partial charge on any atom is -0.379 e. The van der Waals surface area contributed by atoms with Gasteiger partial charge in [-0.05, 0) is 40.5 Å². The van der Waals surface area contributed by atoms with Gasteiger partial charge >= 0.3 is 8.80 Å². The third-order valence-electron chi connectivity index (χ3n) is 4.22. The van der Waals surface area contributed by atoms with Gasteiger partial charge in [0.1, 0.15) is 12.2 Å². The molecule has 0 radical (unpaired) electrons. The summed E-state index contributed by atoms with van der Waals surface area (Å²) in [5.41, 5.74) is 0. The quantitative estimate of drug-likeness (QED) is 0.214. The highest BCUT2D eigenvalue weighted by Crippen LogP contribution is 2.23. The minimum atomic E-state index is -2.71. The molecule has 0 N–H and O–H groups in total. The van der Waals surface area contributed by atoms with Crippen molar-refractivity contribution < 1.29 is 32.2 Å². The Morgan fingerprint density at radius 2 is 1.58 bits per heavy atom. The smallest absolute Gasteiger partial charge is 0.379 e. The second kappa shape index (κ2) is 11.7. The maximum Gasteiger partial charge on any atom is 0.501 e. The largest absolute Gasteiger partial charge is 0.501 e. The Labute approximate surface area is 158 Å². The highest BCUT2D eigenvalue weighted by Gasteiger charge is 2.42. The lowest BCUT2D eigenvalue weighted by Crippen LogP contribution is -2.48. The molecule has 4 atom stereocenters. The lowest BCUT2D eigenvalue weighted by atomic mass is 10.2. The number of rotatable bonds is 17. The van der Waals surface area contributed by atoms with Crippen LogP contribution >= 0.6 is 0 Å². The summed E-state index contributed by atoms with van der Waals surface area (Å²) < 4.78 is 40.2. The molecule has 7 nitrogen and oxygen atoms in total. The van der Waals surface area contributed by atoms with Crippen molar-refractivity contribution in [2.24, 2.45) is 0 Å². The molecular formula is C18H36O7Si. The fraction of sp³-hybridized carbons (Fsp3) is 1.00. The SMILES string of the molecule is CCO[Si](CCCOCC1CO1)(OCC)OC(C)CC(C)OCC1CO1. The van der Waals surface area contributed by atoms with Crippen LogP contribution in [0.4, 0.5) is 0 Å². The van der Waals surface area contributed by atoms with E-state index in [9.17, 15) is 0 Å². The van der Waals surface area contributed by atoms with Gasteiger partial charge in [-0.15, -0.1) is 0 Å². The van der Waals surface area contributed by atoms with Gasteiger partial charge in [0.15, 0.2) is 0 Å². The molecule has 2 saturated heterocycles. The van der Waals surface area contributed by atoms with E-state index in [2.05, 4.69) is 13.8 Å². The van der Waals surface area contributed by atoms with Crippen LogP contribution in [0.2, 0.25) is 6.04 Å². The molecule has 0 aromatic heterocycles. The Morgan fingerprint density at radius 3 is 2.15 bits per heavy atom. The average molecular weight is 393 g/mol. The van der Waals surface area contributed by atoms with E-state index in [0.29, 0.717) is 39.1 Å². The third kappa shape index (κ3) is 9.23. The first-order chi connectivity index (χ1) is 12.6. The summed E-state index contributed by atoms with van der Waals surface area (Å²) in [4.78, 5) is 0. The van der Waals surface area contributed by atoms with E-state index in [1.54, 1.807) is 0 Å². The van der Waals surface area contributed by atoms with Crippen LogP contribution in [-0.4, -0.2) is 79.5 Å². The minimum absolute atomic E-state index is 0.00988. The summed E-state index contributed by atoms with van der Waals surface area (Å²) in [5.74, 6) is 0. The Balaban J connectivity index is 1.73. The lowest BCUT2D eigenvalue weighted by Gasteiger charge is -2.32. The molecular weight excluding hydrogens is 356 g/mol. The number of epoxide rings is 2. The molecule has 4 unspecified atom stereocenters. The van der Waals surface area contributed by atoms with Crippen LogP contribution in [0.3, 0.4) is 0 Å². The van der Waals surface area contributed by atoms with E-state index < -0.39 is 8.80 Å². The fourth-order valence-electron chi connectivity index (χ4n) is 2.85. The molecule has 0 saturated carbocycles. The maximum atomic E-state index is 6.35. The van der Waals surface area contributed by atoms with E-state index in [4.69, 9.17) is 32.2 Å². The molecule has 0 bridgehead atoms. The van der Waals surface area contributed by atoms with Crippen molar-refractivity contribution in [3.05, 3.63) is 0 Å². The lowest BCUT2D eigenvalue weighted by molar-refractivity contribution is -0.00570. The van der Waals surface area contributed by atoms with E-state index >= 15 is 0 Å². The Morgan fingerprint density at radius 1 is 0.962 bits per heavy atom. The molecule has 0 aliphatic carbocycles. The molecule has 8 heteroatoms. The fourth-order valence-corrected chi connectivity index (χ4v) is 5.64. The van der Waals surface area contributed by atoms with Gasteiger partial charge in [-0.25, -0.2) is 0 Å². The van der Waals surface area contributed by atoms with Gasteiger partial charge in [-0.1, -0.05) is 0 Å². The summed E-state index contributed by atoms with van der Waals surface area (Å²) in [6, 6.07) is 0.760. The van der Waals surface area contributed by atoms with Gasteiger partial charge in [0.2, 0.25) is 0 Å². The molecule has 0 amide bonds. The van der Waals surface area contributed by atoms with Crippen LogP contribution in [0, 0.1) is 0 Å². The Hall–Kier alpha value is -0.0631. The van der Waals surface area contributed by atoms with Crippen LogP contribution in [0.25, 0.3) is 0 Å². The van der Waals surface area contributed by atoms with E-state index in [-0.39, 0.29) is 18.3 Å². The van der Waals surface area contributed by atoms with Crippen molar-refractivity contribution in [3.8, 4) is 0 Å². The van der Waals surface area contributed by atoms with Crippen LogP contribution in [-0.2, 0) is 32.2 Å². The first kappa shape index (κ1) is 22.2. The second-order valence-electron chi connectivity index (χ2n) is 6.95. The summed E-state index contributed by atoms with van der Waals surface area (Å²) in [6.07, 6.45) is 2.37. The standard InChI is InChI=1S/C18H36O7Si/c1-5-23-26(24-6-2,9-7-8-19-11-17-13-21-17)25-16(4)10-15(3)20-12-18-14-22-18/h15-18H,5-14H2,1-4H3. The second-order valence-corrected chi connectivity index (χ2v) is 9.63. The summed E-state index contributed by atoms with van der Waals surface area (Å²) in [5, 5.41) is 0. The normalized spacial score (nSPS) is 24.5. The molecule has 0 spiro atoms. The highest BCUT2D eigenvalue weighted by molar-refractivity contribution is 6.60. The van der Waals surface area contributed by atoms with Gasteiger partial charge < -0.3 is 32.2 Å². The zero-order valence-electron chi connectivity index (χ0n) is 16.7. The predicted molar refractivity (Wildman–Crippen MR) is 99.3 cm³/mol. The van der Waals surface area contributed by atoms with Gasteiger partial charge in [0, 0.05) is 32.0 Å². The van der Waals surface area contributed by atoms with Crippen molar-refractivity contribution in [1.29, 1.82) is 0 Å². The zero-order chi connectivity index (χ0) is 18.8. The molecule has 2 rings (SSSR count). The average Bonchev–Trinajstić information content (AvgIpc) is 3.47. The maximum absolute atomic E-state index is 6.35. The van der Waals surface area contributed by atoms with Crippen LogP contribution in [0.15, 0.2) is 0 Å². The summed E-state index contributed by atoms with van der Waals surface area (Å²) >= 11 is 0. The topological polar surface area (TPSA) is 71.2 Å². The Kier molecular flexibility index (Phi) is 10.0. The molecule has 0 aromatic rings. The third-order valence-corrected chi connectivity index (χ3v) is 7.40. The van der Waals surface area contributed by atoms with E-state index in [1.165, 1.54) is 0 Å². The van der Waals surface area contributed by atoms with Crippen LogP contribution < -0.4 is 0 Å². The number of hydrogen-bond acceptors (Lipinski definition) is 7. The van der Waals surface area contributed by atoms with Gasteiger partial charge in [-0.3, -0.25) is 0 Å². The van der Waals surface area contributed by atoms with Crippen molar-refractivity contribution in [3.63, 3.8) is 0 Å². The van der Waals surface area contributed by atoms with Crippen molar-refractivity contribution >= 4 is 8.80 Å². The van der Waals surface area contributed by atoms with E-state index in [0.717, 1.165) is 32.1 Å². The van der Waals surface area contributed by atoms with Crippen molar-refractivity contribution in [2.45, 2.75) is 71.0 Å². The summed E-state index contributed by atoms with van der Waals surface area (Å²) in [7, 11) is -2.71. The first-order valence-corrected chi connectivity index (χ1v) is 11.9. The van der Waals surface area contributed by atoms with Gasteiger partial charge in [-0.2, -0.15) is 0 Å². The molecule has 2 aliphatic rings. The number of ether oxygens (including phenoxy) is 4. The van der Waals surface area contributed by atoms with Gasteiger partial charge in [0.05, 0.1) is 32.5 Å². The molecule has 26 heavy (non-hydrogen) atoms. The van der Waals surface area contributed by atoms with Crippen LogP contribution in [0.1, 0.15) is 40.5 Å². The number of hydrogen-bond donors (Lipinski definition) is 0.